The van der Waals surface area contributed by atoms with Crippen molar-refractivity contribution in [2.45, 2.75) is 31.3 Å². The Balaban J connectivity index is 1.89. The molecule has 5 heteroatoms. The average Bonchev–Trinajstić information content (AvgIpc) is 2.37. The maximum atomic E-state index is 11.9. The fraction of sp³-hybridized carbons (Fsp3) is 0.500. The van der Waals surface area contributed by atoms with Gasteiger partial charge in [-0.05, 0) is 37.0 Å². The van der Waals surface area contributed by atoms with Crippen molar-refractivity contribution in [2.24, 2.45) is 5.73 Å². The predicted octanol–water partition coefficient (Wildman–Crippen LogP) is 1.84. The summed E-state index contributed by atoms with van der Waals surface area (Å²) in [6, 6.07) is 7.34. The number of urea groups is 1. The van der Waals surface area contributed by atoms with Crippen LogP contribution in [0.5, 0.6) is 0 Å². The lowest BCUT2D eigenvalue weighted by molar-refractivity contribution is 0.0648. The lowest BCUT2D eigenvalue weighted by atomic mass is 9.77. The first-order valence-corrected chi connectivity index (χ1v) is 6.54. The molecule has 0 heterocycles. The molecule has 1 aliphatic rings. The number of nitrogens with two attached hydrogens (primary N) is 1. The number of carbonyl (C=O) groups excluding carboxylic acids is 1. The number of benzene rings is 1. The van der Waals surface area contributed by atoms with Gasteiger partial charge in [0.05, 0.1) is 12.1 Å². The van der Waals surface area contributed by atoms with Gasteiger partial charge in [0, 0.05) is 19.3 Å². The minimum atomic E-state index is -0.184. The van der Waals surface area contributed by atoms with E-state index in [0.29, 0.717) is 13.2 Å². The van der Waals surface area contributed by atoms with Crippen molar-refractivity contribution in [3.63, 3.8) is 0 Å². The summed E-state index contributed by atoms with van der Waals surface area (Å²) < 4.78 is 5.17. The molecule has 0 aromatic heterocycles. The summed E-state index contributed by atoms with van der Waals surface area (Å²) in [5, 5.41) is 5.84. The summed E-state index contributed by atoms with van der Waals surface area (Å²) in [5.41, 5.74) is 7.15. The zero-order valence-electron chi connectivity index (χ0n) is 11.2. The van der Waals surface area contributed by atoms with Gasteiger partial charge in [0.15, 0.2) is 0 Å². The summed E-state index contributed by atoms with van der Waals surface area (Å²) in [6.07, 6.45) is 3.08. The molecular weight excluding hydrogens is 242 g/mol. The predicted molar refractivity (Wildman–Crippen MR) is 74.9 cm³/mol. The van der Waals surface area contributed by atoms with Crippen molar-refractivity contribution in [1.29, 1.82) is 0 Å². The van der Waals surface area contributed by atoms with Crippen molar-refractivity contribution in [3.05, 3.63) is 29.8 Å². The number of nitrogens with one attached hydrogen (secondary N) is 2. The number of anilines is 1. The molecule has 19 heavy (non-hydrogen) atoms. The Hall–Kier alpha value is -1.59. The van der Waals surface area contributed by atoms with E-state index >= 15 is 0 Å². The van der Waals surface area contributed by atoms with Gasteiger partial charge in [-0.3, -0.25) is 0 Å². The van der Waals surface area contributed by atoms with Crippen molar-refractivity contribution in [2.75, 3.05) is 19.0 Å². The third-order valence-electron chi connectivity index (χ3n) is 3.56. The van der Waals surface area contributed by atoms with Gasteiger partial charge in [-0.15, -0.1) is 0 Å². The van der Waals surface area contributed by atoms with E-state index in [0.717, 1.165) is 30.5 Å². The van der Waals surface area contributed by atoms with Crippen LogP contribution in [0.4, 0.5) is 10.5 Å². The molecule has 0 saturated heterocycles. The second-order valence-corrected chi connectivity index (χ2v) is 5.05. The van der Waals surface area contributed by atoms with Crippen molar-refractivity contribution >= 4 is 11.7 Å². The van der Waals surface area contributed by atoms with Gasteiger partial charge < -0.3 is 21.1 Å². The molecule has 5 nitrogen and oxygen atoms in total. The van der Waals surface area contributed by atoms with E-state index in [1.54, 1.807) is 7.11 Å². The van der Waals surface area contributed by atoms with Crippen LogP contribution in [0, 0.1) is 0 Å². The Bertz CT molecular complexity index is 427. The van der Waals surface area contributed by atoms with Crippen LogP contribution in [-0.2, 0) is 11.3 Å². The van der Waals surface area contributed by atoms with Crippen LogP contribution in [0.25, 0.3) is 0 Å². The van der Waals surface area contributed by atoms with Crippen LogP contribution >= 0.6 is 0 Å². The summed E-state index contributed by atoms with van der Waals surface area (Å²) in [7, 11) is 1.66. The molecule has 0 spiro atoms. The van der Waals surface area contributed by atoms with Crippen LogP contribution in [0.2, 0.25) is 0 Å². The van der Waals surface area contributed by atoms with E-state index < -0.39 is 0 Å². The quantitative estimate of drug-likeness (QED) is 0.758. The topological polar surface area (TPSA) is 76.4 Å². The first kappa shape index (κ1) is 13.8. The maximum absolute atomic E-state index is 11.9. The van der Waals surface area contributed by atoms with Crippen LogP contribution in [0.1, 0.15) is 24.8 Å². The van der Waals surface area contributed by atoms with E-state index in [2.05, 4.69) is 10.6 Å². The average molecular weight is 263 g/mol. The lowest BCUT2D eigenvalue weighted by Gasteiger charge is -2.41. The van der Waals surface area contributed by atoms with Gasteiger partial charge in [-0.25, -0.2) is 4.79 Å². The largest absolute Gasteiger partial charge is 0.382 e. The molecule has 2 rings (SSSR count). The van der Waals surface area contributed by atoms with Gasteiger partial charge in [0.1, 0.15) is 0 Å². The van der Waals surface area contributed by atoms with Crippen LogP contribution < -0.4 is 16.4 Å². The lowest BCUT2D eigenvalue weighted by Crippen LogP contribution is -2.57. The standard InChI is InChI=1S/C14H21N3O2/c1-19-10-14(7-2-8-14)17-13(18)16-12-5-3-11(9-15)4-6-12/h3-6H,2,7-10,15H2,1H3,(H2,16,17,18). The Morgan fingerprint density at radius 3 is 2.53 bits per heavy atom. The number of methoxy groups -OCH3 is 1. The number of hydrogen-bond donors (Lipinski definition) is 3. The molecule has 1 aliphatic carbocycles. The Labute approximate surface area is 113 Å². The van der Waals surface area contributed by atoms with Crippen molar-refractivity contribution in [1.82, 2.24) is 5.32 Å². The molecule has 0 radical (unpaired) electrons. The van der Waals surface area contributed by atoms with Crippen LogP contribution in [0.3, 0.4) is 0 Å². The fourth-order valence-corrected chi connectivity index (χ4v) is 2.31. The third-order valence-corrected chi connectivity index (χ3v) is 3.56. The van der Waals surface area contributed by atoms with Gasteiger partial charge in [-0.1, -0.05) is 12.1 Å². The molecule has 0 aliphatic heterocycles. The van der Waals surface area contributed by atoms with Crippen molar-refractivity contribution in [3.8, 4) is 0 Å². The molecule has 2 amide bonds. The molecular formula is C14H21N3O2. The summed E-state index contributed by atoms with van der Waals surface area (Å²) in [6.45, 7) is 1.07. The molecule has 1 aromatic carbocycles. The second-order valence-electron chi connectivity index (χ2n) is 5.05. The van der Waals surface area contributed by atoms with Crippen LogP contribution in [0.15, 0.2) is 24.3 Å². The SMILES string of the molecule is COCC1(NC(=O)Nc2ccc(CN)cc2)CCC1. The Morgan fingerprint density at radius 2 is 2.05 bits per heavy atom. The van der Waals surface area contributed by atoms with Crippen molar-refractivity contribution < 1.29 is 9.53 Å². The van der Waals surface area contributed by atoms with Gasteiger partial charge in [-0.2, -0.15) is 0 Å². The smallest absolute Gasteiger partial charge is 0.319 e. The summed E-state index contributed by atoms with van der Waals surface area (Å²) >= 11 is 0. The first-order valence-electron chi connectivity index (χ1n) is 6.54. The maximum Gasteiger partial charge on any atom is 0.319 e. The Morgan fingerprint density at radius 1 is 1.37 bits per heavy atom. The van der Waals surface area contributed by atoms with Crippen LogP contribution in [-0.4, -0.2) is 25.3 Å². The molecule has 0 unspecified atom stereocenters. The second kappa shape index (κ2) is 6.04. The van der Waals surface area contributed by atoms with E-state index in [-0.39, 0.29) is 11.6 Å². The molecule has 4 N–H and O–H groups in total. The van der Waals surface area contributed by atoms with E-state index in [1.807, 2.05) is 24.3 Å². The van der Waals surface area contributed by atoms with Gasteiger partial charge in [0.2, 0.25) is 0 Å². The highest BCUT2D eigenvalue weighted by atomic mass is 16.5. The van der Waals surface area contributed by atoms with Gasteiger partial charge >= 0.3 is 6.03 Å². The van der Waals surface area contributed by atoms with E-state index in [9.17, 15) is 4.79 Å². The minimum absolute atomic E-state index is 0.183. The molecule has 0 atom stereocenters. The molecule has 0 bridgehead atoms. The zero-order valence-corrected chi connectivity index (χ0v) is 11.2. The minimum Gasteiger partial charge on any atom is -0.382 e. The molecule has 1 aromatic rings. The monoisotopic (exact) mass is 263 g/mol. The zero-order chi connectivity index (χ0) is 13.7. The normalized spacial score (nSPS) is 16.5. The summed E-state index contributed by atoms with van der Waals surface area (Å²) in [4.78, 5) is 11.9. The Kier molecular flexibility index (Phi) is 4.39. The highest BCUT2D eigenvalue weighted by Crippen LogP contribution is 2.32. The van der Waals surface area contributed by atoms with E-state index in [4.69, 9.17) is 10.5 Å². The number of amides is 2. The molecule has 1 fully saturated rings. The molecule has 104 valence electrons. The summed E-state index contributed by atoms with van der Waals surface area (Å²) in [5.74, 6) is 0. The molecule has 1 saturated carbocycles. The fourth-order valence-electron chi connectivity index (χ4n) is 2.31. The highest BCUT2D eigenvalue weighted by Gasteiger charge is 2.38. The highest BCUT2D eigenvalue weighted by molar-refractivity contribution is 5.89. The first-order chi connectivity index (χ1) is 9.17. The number of rotatable bonds is 5. The number of carbonyl (C=O) groups is 1. The number of hydrogen-bond acceptors (Lipinski definition) is 3. The van der Waals surface area contributed by atoms with Gasteiger partial charge in [0.25, 0.3) is 0 Å². The number of ether oxygens (including phenoxy) is 1. The van der Waals surface area contributed by atoms with E-state index in [1.165, 1.54) is 0 Å². The third kappa shape index (κ3) is 3.45.